The van der Waals surface area contributed by atoms with Crippen molar-refractivity contribution < 1.29 is 9.59 Å². The van der Waals surface area contributed by atoms with E-state index in [0.717, 1.165) is 34.5 Å². The second-order valence-corrected chi connectivity index (χ2v) is 6.87. The van der Waals surface area contributed by atoms with Gasteiger partial charge in [0.05, 0.1) is 10.9 Å². The molecule has 0 radical (unpaired) electrons. The van der Waals surface area contributed by atoms with E-state index in [1.54, 1.807) is 25.3 Å². The summed E-state index contributed by atoms with van der Waals surface area (Å²) < 4.78 is 2.03. The Morgan fingerprint density at radius 1 is 1.28 bits per heavy atom. The molecule has 0 bridgehead atoms. The highest BCUT2D eigenvalue weighted by atomic mass is 32.2. The van der Waals surface area contributed by atoms with Gasteiger partial charge >= 0.3 is 0 Å². The van der Waals surface area contributed by atoms with Crippen molar-refractivity contribution >= 4 is 29.0 Å². The molecule has 0 aliphatic carbocycles. The van der Waals surface area contributed by atoms with Crippen LogP contribution in [0.4, 0.5) is 4.79 Å². The number of hydrogen-bond acceptors (Lipinski definition) is 4. The van der Waals surface area contributed by atoms with Crippen molar-refractivity contribution in [3.05, 3.63) is 65.0 Å². The van der Waals surface area contributed by atoms with Crippen LogP contribution >= 0.6 is 11.8 Å². The van der Waals surface area contributed by atoms with E-state index in [1.165, 1.54) is 4.90 Å². The van der Waals surface area contributed by atoms with Gasteiger partial charge in [0.15, 0.2) is 0 Å². The second kappa shape index (κ2) is 6.72. The minimum atomic E-state index is -0.320. The molecule has 1 atom stereocenters. The molecule has 3 heterocycles. The summed E-state index contributed by atoms with van der Waals surface area (Å²) in [7, 11) is 0. The fourth-order valence-corrected chi connectivity index (χ4v) is 3.76. The van der Waals surface area contributed by atoms with E-state index in [-0.39, 0.29) is 17.2 Å². The lowest BCUT2D eigenvalue weighted by Crippen LogP contribution is -2.35. The van der Waals surface area contributed by atoms with E-state index < -0.39 is 0 Å². The number of carbonyl (C=O) groups is 2. The van der Waals surface area contributed by atoms with Crippen molar-refractivity contribution in [1.29, 1.82) is 0 Å². The predicted molar refractivity (Wildman–Crippen MR) is 101 cm³/mol. The van der Waals surface area contributed by atoms with Crippen LogP contribution in [0.15, 0.2) is 48.0 Å². The fourth-order valence-electron chi connectivity index (χ4n) is 2.85. The normalized spacial score (nSPS) is 17.4. The van der Waals surface area contributed by atoms with Gasteiger partial charge in [-0.2, -0.15) is 0 Å². The monoisotopic (exact) mass is 353 g/mol. The third-order valence-corrected chi connectivity index (χ3v) is 5.09. The lowest BCUT2D eigenvalue weighted by molar-refractivity contribution is -0.123. The summed E-state index contributed by atoms with van der Waals surface area (Å²) in [6, 6.07) is 7.41. The minimum absolute atomic E-state index is 0.262. The molecule has 0 unspecified atom stereocenters. The van der Waals surface area contributed by atoms with E-state index in [1.807, 2.05) is 42.7 Å². The van der Waals surface area contributed by atoms with Crippen molar-refractivity contribution in [1.82, 2.24) is 14.5 Å². The van der Waals surface area contributed by atoms with Gasteiger partial charge in [0.25, 0.3) is 11.1 Å². The SMILES string of the molecule is C=C[C@@H](C)N1C(=O)S/C(=C\c2cc(C)n(-c3ccccn3)c2C)C1=O. The van der Waals surface area contributed by atoms with Crippen LogP contribution < -0.4 is 0 Å². The molecule has 1 aliphatic heterocycles. The summed E-state index contributed by atoms with van der Waals surface area (Å²) in [5.41, 5.74) is 2.89. The number of rotatable bonds is 4. The number of aryl methyl sites for hydroxylation is 1. The number of carbonyl (C=O) groups excluding carboxylic acids is 2. The largest absolute Gasteiger partial charge is 0.303 e. The summed E-state index contributed by atoms with van der Waals surface area (Å²) in [4.78, 5) is 30.7. The standard InChI is InChI=1S/C19H19N3O2S/c1-5-12(2)22-18(23)16(25-19(22)24)11-15-10-13(3)21(14(15)4)17-8-6-7-9-20-17/h5-12H,1H2,2-4H3/b16-11-/t12-/m1/s1. The van der Waals surface area contributed by atoms with Crippen molar-refractivity contribution in [2.75, 3.05) is 0 Å². The Hall–Kier alpha value is -2.60. The predicted octanol–water partition coefficient (Wildman–Crippen LogP) is 4.10. The molecule has 128 valence electrons. The highest BCUT2D eigenvalue weighted by Gasteiger charge is 2.37. The van der Waals surface area contributed by atoms with Gasteiger partial charge in [-0.3, -0.25) is 14.5 Å². The maximum atomic E-state index is 12.5. The zero-order valence-corrected chi connectivity index (χ0v) is 15.2. The van der Waals surface area contributed by atoms with Gasteiger partial charge < -0.3 is 4.57 Å². The van der Waals surface area contributed by atoms with Gasteiger partial charge in [0, 0.05) is 17.6 Å². The van der Waals surface area contributed by atoms with Crippen LogP contribution in [-0.4, -0.2) is 31.6 Å². The topological polar surface area (TPSA) is 55.2 Å². The summed E-state index contributed by atoms with van der Waals surface area (Å²) in [5.74, 6) is 0.551. The molecule has 2 amide bonds. The van der Waals surface area contributed by atoms with Crippen LogP contribution in [-0.2, 0) is 4.79 Å². The lowest BCUT2D eigenvalue weighted by atomic mass is 10.2. The molecule has 2 aromatic rings. The molecule has 5 nitrogen and oxygen atoms in total. The number of thioether (sulfide) groups is 1. The molecule has 1 aliphatic rings. The number of nitrogens with zero attached hydrogens (tertiary/aromatic N) is 3. The number of imide groups is 1. The van der Waals surface area contributed by atoms with Crippen molar-refractivity contribution in [3.63, 3.8) is 0 Å². The summed E-state index contributed by atoms with van der Waals surface area (Å²) >= 11 is 0.966. The number of amides is 2. The van der Waals surface area contributed by atoms with Crippen LogP contribution in [0.1, 0.15) is 23.9 Å². The van der Waals surface area contributed by atoms with Crippen LogP contribution in [0, 0.1) is 13.8 Å². The average molecular weight is 353 g/mol. The third kappa shape index (κ3) is 3.05. The molecule has 2 aromatic heterocycles. The zero-order valence-electron chi connectivity index (χ0n) is 14.4. The molecule has 1 fully saturated rings. The highest BCUT2D eigenvalue weighted by molar-refractivity contribution is 8.18. The summed E-state index contributed by atoms with van der Waals surface area (Å²) in [6.45, 7) is 9.40. The smallest absolute Gasteiger partial charge is 0.294 e. The molecule has 0 N–H and O–H groups in total. The maximum Gasteiger partial charge on any atom is 0.294 e. The molecule has 25 heavy (non-hydrogen) atoms. The van der Waals surface area contributed by atoms with Crippen LogP contribution in [0.5, 0.6) is 0 Å². The van der Waals surface area contributed by atoms with Crippen LogP contribution in [0.25, 0.3) is 11.9 Å². The van der Waals surface area contributed by atoms with E-state index in [2.05, 4.69) is 11.6 Å². The first kappa shape index (κ1) is 17.2. The van der Waals surface area contributed by atoms with E-state index in [4.69, 9.17) is 0 Å². The first-order valence-corrected chi connectivity index (χ1v) is 8.75. The summed E-state index contributed by atoms with van der Waals surface area (Å²) in [5, 5.41) is -0.262. The number of aromatic nitrogens is 2. The van der Waals surface area contributed by atoms with E-state index in [0.29, 0.717) is 4.91 Å². The Morgan fingerprint density at radius 2 is 2.04 bits per heavy atom. The minimum Gasteiger partial charge on any atom is -0.303 e. The van der Waals surface area contributed by atoms with Crippen molar-refractivity contribution in [2.45, 2.75) is 26.8 Å². The maximum absolute atomic E-state index is 12.5. The highest BCUT2D eigenvalue weighted by Crippen LogP contribution is 2.34. The van der Waals surface area contributed by atoms with Crippen LogP contribution in [0.3, 0.4) is 0 Å². The zero-order chi connectivity index (χ0) is 18.1. The third-order valence-electron chi connectivity index (χ3n) is 4.21. The second-order valence-electron chi connectivity index (χ2n) is 5.88. The Labute approximate surface area is 151 Å². The molecular formula is C19H19N3O2S. The Bertz CT molecular complexity index is 884. The quantitative estimate of drug-likeness (QED) is 0.613. The van der Waals surface area contributed by atoms with Gasteiger partial charge in [-0.15, -0.1) is 6.58 Å². The first-order valence-electron chi connectivity index (χ1n) is 7.94. The fraction of sp³-hybridized carbons (Fsp3) is 0.211. The summed E-state index contributed by atoms with van der Waals surface area (Å²) in [6.07, 6.45) is 5.12. The Balaban J connectivity index is 1.99. The van der Waals surface area contributed by atoms with Gasteiger partial charge in [-0.1, -0.05) is 12.1 Å². The molecule has 3 rings (SSSR count). The van der Waals surface area contributed by atoms with E-state index in [9.17, 15) is 9.59 Å². The molecule has 6 heteroatoms. The van der Waals surface area contributed by atoms with E-state index >= 15 is 0 Å². The molecule has 1 saturated heterocycles. The van der Waals surface area contributed by atoms with Gasteiger partial charge in [-0.25, -0.2) is 4.98 Å². The van der Waals surface area contributed by atoms with Gasteiger partial charge in [0.1, 0.15) is 5.82 Å². The van der Waals surface area contributed by atoms with Crippen molar-refractivity contribution in [2.24, 2.45) is 0 Å². The first-order chi connectivity index (χ1) is 11.9. The molecule has 0 spiro atoms. The van der Waals surface area contributed by atoms with Crippen molar-refractivity contribution in [3.8, 4) is 5.82 Å². The number of hydrogen-bond donors (Lipinski definition) is 0. The lowest BCUT2D eigenvalue weighted by Gasteiger charge is -2.17. The van der Waals surface area contributed by atoms with Gasteiger partial charge in [-0.05, 0) is 62.4 Å². The van der Waals surface area contributed by atoms with Crippen LogP contribution in [0.2, 0.25) is 0 Å². The Kier molecular flexibility index (Phi) is 4.63. The molecule has 0 aromatic carbocycles. The Morgan fingerprint density at radius 3 is 2.68 bits per heavy atom. The average Bonchev–Trinajstić information content (AvgIpc) is 3.03. The number of pyridine rings is 1. The molecule has 0 saturated carbocycles. The van der Waals surface area contributed by atoms with Gasteiger partial charge in [0.2, 0.25) is 0 Å². The molecular weight excluding hydrogens is 334 g/mol.